The van der Waals surface area contributed by atoms with E-state index < -0.39 is 5.82 Å². The van der Waals surface area contributed by atoms with E-state index in [1.807, 2.05) is 6.07 Å². The van der Waals surface area contributed by atoms with Crippen LogP contribution in [0.25, 0.3) is 0 Å². The molecule has 2 saturated heterocycles. The van der Waals surface area contributed by atoms with E-state index in [0.717, 1.165) is 25.3 Å². The van der Waals surface area contributed by atoms with E-state index >= 15 is 0 Å². The lowest BCUT2D eigenvalue weighted by Gasteiger charge is -2.32. The number of hydrogen-bond donors (Lipinski definition) is 1. The van der Waals surface area contributed by atoms with Crippen molar-refractivity contribution < 1.29 is 14.0 Å². The Hall–Kier alpha value is -2.67. The van der Waals surface area contributed by atoms with Gasteiger partial charge in [0.1, 0.15) is 11.6 Å². The molecule has 0 atom stereocenters. The number of pyridine rings is 1. The molecule has 1 N–H and O–H groups in total. The van der Waals surface area contributed by atoms with Gasteiger partial charge in [-0.2, -0.15) is 0 Å². The Labute approximate surface area is 173 Å². The second-order valence-corrected chi connectivity index (χ2v) is 7.84. The number of nitrogens with zero attached hydrogens (tertiary/aromatic N) is 3. The highest BCUT2D eigenvalue weighted by Gasteiger charge is 2.27. The van der Waals surface area contributed by atoms with Crippen molar-refractivity contribution in [2.75, 3.05) is 34.8 Å². The summed E-state index contributed by atoms with van der Waals surface area (Å²) in [5, 5.41) is 3.40. The third-order valence-corrected chi connectivity index (χ3v) is 5.70. The van der Waals surface area contributed by atoms with Crippen LogP contribution in [0.3, 0.4) is 0 Å². The number of aromatic nitrogens is 1. The fourth-order valence-electron chi connectivity index (χ4n) is 3.88. The summed E-state index contributed by atoms with van der Waals surface area (Å²) in [5.74, 6) is 0.0336. The number of amides is 2. The summed E-state index contributed by atoms with van der Waals surface area (Å²) in [5.41, 5.74) is 0.680. The molecule has 29 heavy (non-hydrogen) atoms. The van der Waals surface area contributed by atoms with Crippen LogP contribution in [0.15, 0.2) is 36.5 Å². The van der Waals surface area contributed by atoms with Crippen molar-refractivity contribution in [3.05, 3.63) is 47.4 Å². The average Bonchev–Trinajstić information content (AvgIpc) is 3.14. The van der Waals surface area contributed by atoms with Crippen LogP contribution in [0, 0.1) is 11.7 Å². The molecule has 8 heteroatoms. The van der Waals surface area contributed by atoms with Crippen molar-refractivity contribution in [1.29, 1.82) is 0 Å². The minimum Gasteiger partial charge on any atom is -0.357 e. The molecule has 152 valence electrons. The minimum atomic E-state index is -0.498. The van der Waals surface area contributed by atoms with Crippen molar-refractivity contribution in [2.45, 2.75) is 25.7 Å². The van der Waals surface area contributed by atoms with Gasteiger partial charge in [0.15, 0.2) is 0 Å². The molecule has 3 heterocycles. The molecule has 4 rings (SSSR count). The molecule has 0 radical (unpaired) electrons. The van der Waals surface area contributed by atoms with Gasteiger partial charge in [0.25, 0.3) is 0 Å². The molecule has 0 aliphatic carbocycles. The number of carbonyl (C=O) groups excluding carboxylic acids is 2. The minimum absolute atomic E-state index is 0.0670. The standard InChI is InChI=1S/C21H22ClFN4O2/c22-15-3-6-19(24-13-15)26-10-7-14(8-11-26)21(29)25-16-4-5-18(17(23)12-16)27-9-1-2-20(27)28/h3-6,12-14H,1-2,7-11H2,(H,25,29). The summed E-state index contributed by atoms with van der Waals surface area (Å²) >= 11 is 5.88. The zero-order valence-electron chi connectivity index (χ0n) is 15.9. The number of piperidine rings is 1. The Morgan fingerprint density at radius 2 is 1.97 bits per heavy atom. The van der Waals surface area contributed by atoms with Gasteiger partial charge in [0.05, 0.1) is 10.7 Å². The number of hydrogen-bond acceptors (Lipinski definition) is 4. The topological polar surface area (TPSA) is 65.5 Å². The first-order valence-electron chi connectivity index (χ1n) is 9.78. The van der Waals surface area contributed by atoms with Gasteiger partial charge in [0, 0.05) is 43.9 Å². The lowest BCUT2D eigenvalue weighted by molar-refractivity contribution is -0.120. The molecule has 2 amide bonds. The molecule has 2 fully saturated rings. The predicted molar refractivity (Wildman–Crippen MR) is 111 cm³/mol. The fraction of sp³-hybridized carbons (Fsp3) is 0.381. The highest BCUT2D eigenvalue weighted by Crippen LogP contribution is 2.28. The normalized spacial score (nSPS) is 17.7. The summed E-state index contributed by atoms with van der Waals surface area (Å²) in [7, 11) is 0. The van der Waals surface area contributed by atoms with Gasteiger partial charge in [0.2, 0.25) is 11.8 Å². The Morgan fingerprint density at radius 1 is 1.17 bits per heavy atom. The Bertz CT molecular complexity index is 913. The number of halogens is 2. The summed E-state index contributed by atoms with van der Waals surface area (Å²) in [4.78, 5) is 32.3. The van der Waals surface area contributed by atoms with E-state index in [0.29, 0.717) is 36.5 Å². The number of rotatable bonds is 4. The van der Waals surface area contributed by atoms with Crippen LogP contribution in [0.4, 0.5) is 21.6 Å². The number of anilines is 3. The van der Waals surface area contributed by atoms with E-state index in [1.165, 1.54) is 11.0 Å². The summed E-state index contributed by atoms with van der Waals surface area (Å²) in [6.45, 7) is 1.97. The van der Waals surface area contributed by atoms with E-state index in [1.54, 1.807) is 24.4 Å². The van der Waals surface area contributed by atoms with Crippen molar-refractivity contribution in [2.24, 2.45) is 5.92 Å². The van der Waals surface area contributed by atoms with Crippen LogP contribution in [0.2, 0.25) is 5.02 Å². The van der Waals surface area contributed by atoms with E-state index in [4.69, 9.17) is 11.6 Å². The zero-order valence-corrected chi connectivity index (χ0v) is 16.7. The van der Waals surface area contributed by atoms with Gasteiger partial charge in [-0.15, -0.1) is 0 Å². The third kappa shape index (κ3) is 4.34. The molecule has 2 aromatic rings. The molecule has 0 spiro atoms. The first-order chi connectivity index (χ1) is 14.0. The maximum absolute atomic E-state index is 14.5. The van der Waals surface area contributed by atoms with Crippen LogP contribution in [-0.2, 0) is 9.59 Å². The number of carbonyl (C=O) groups is 2. The van der Waals surface area contributed by atoms with E-state index in [-0.39, 0.29) is 23.4 Å². The highest BCUT2D eigenvalue weighted by molar-refractivity contribution is 6.30. The van der Waals surface area contributed by atoms with Crippen LogP contribution in [0.1, 0.15) is 25.7 Å². The smallest absolute Gasteiger partial charge is 0.227 e. The molecule has 0 saturated carbocycles. The monoisotopic (exact) mass is 416 g/mol. The Morgan fingerprint density at radius 3 is 2.59 bits per heavy atom. The van der Waals surface area contributed by atoms with Gasteiger partial charge < -0.3 is 15.1 Å². The second-order valence-electron chi connectivity index (χ2n) is 7.40. The van der Waals surface area contributed by atoms with Crippen LogP contribution in [0.5, 0.6) is 0 Å². The number of benzene rings is 1. The lowest BCUT2D eigenvalue weighted by Crippen LogP contribution is -2.38. The molecule has 0 bridgehead atoms. The molecular formula is C21H22ClFN4O2. The van der Waals surface area contributed by atoms with Gasteiger partial charge in [-0.05, 0) is 49.6 Å². The van der Waals surface area contributed by atoms with Gasteiger partial charge in [-0.25, -0.2) is 9.37 Å². The predicted octanol–water partition coefficient (Wildman–Crippen LogP) is 3.86. The molecule has 2 aliphatic heterocycles. The van der Waals surface area contributed by atoms with Gasteiger partial charge >= 0.3 is 0 Å². The maximum atomic E-state index is 14.5. The molecule has 2 aliphatic rings. The Balaban J connectivity index is 1.34. The largest absolute Gasteiger partial charge is 0.357 e. The van der Waals surface area contributed by atoms with Gasteiger partial charge in [-0.1, -0.05) is 11.6 Å². The first-order valence-corrected chi connectivity index (χ1v) is 10.2. The van der Waals surface area contributed by atoms with Crippen LogP contribution in [-0.4, -0.2) is 36.4 Å². The van der Waals surface area contributed by atoms with Crippen molar-refractivity contribution in [3.63, 3.8) is 0 Å². The molecule has 0 unspecified atom stereocenters. The molecule has 1 aromatic heterocycles. The number of nitrogens with one attached hydrogen (secondary N) is 1. The SMILES string of the molecule is O=C(Nc1ccc(N2CCCC2=O)c(F)c1)C1CCN(c2ccc(Cl)cn2)CC1. The van der Waals surface area contributed by atoms with E-state index in [2.05, 4.69) is 15.2 Å². The Kier molecular flexibility index (Phi) is 5.67. The summed E-state index contributed by atoms with van der Waals surface area (Å²) < 4.78 is 14.5. The molecule has 1 aromatic carbocycles. The summed E-state index contributed by atoms with van der Waals surface area (Å²) in [6, 6.07) is 8.16. The first kappa shape index (κ1) is 19.6. The fourth-order valence-corrected chi connectivity index (χ4v) is 3.99. The zero-order chi connectivity index (χ0) is 20.4. The maximum Gasteiger partial charge on any atom is 0.227 e. The van der Waals surface area contributed by atoms with Crippen molar-refractivity contribution >= 4 is 40.6 Å². The van der Waals surface area contributed by atoms with Crippen molar-refractivity contribution in [1.82, 2.24) is 4.98 Å². The lowest BCUT2D eigenvalue weighted by atomic mass is 9.95. The van der Waals surface area contributed by atoms with Gasteiger partial charge in [-0.3, -0.25) is 9.59 Å². The third-order valence-electron chi connectivity index (χ3n) is 5.48. The van der Waals surface area contributed by atoms with Crippen LogP contribution < -0.4 is 15.1 Å². The second kappa shape index (κ2) is 8.37. The molecule has 6 nitrogen and oxygen atoms in total. The van der Waals surface area contributed by atoms with Crippen molar-refractivity contribution in [3.8, 4) is 0 Å². The summed E-state index contributed by atoms with van der Waals surface area (Å²) in [6.07, 6.45) is 4.19. The molecular weight excluding hydrogens is 395 g/mol. The van der Waals surface area contributed by atoms with Crippen LogP contribution >= 0.6 is 11.6 Å². The van der Waals surface area contributed by atoms with E-state index in [9.17, 15) is 14.0 Å². The highest BCUT2D eigenvalue weighted by atomic mass is 35.5. The average molecular weight is 417 g/mol. The quantitative estimate of drug-likeness (QED) is 0.822.